The first kappa shape index (κ1) is 17.1. The van der Waals surface area contributed by atoms with Crippen molar-refractivity contribution in [1.29, 1.82) is 0 Å². The molecule has 0 fully saturated rings. The van der Waals surface area contributed by atoms with Crippen LogP contribution in [0.3, 0.4) is 0 Å². The van der Waals surface area contributed by atoms with Crippen LogP contribution < -0.4 is 15.4 Å². The number of hydrogen-bond donors (Lipinski definition) is 2. The van der Waals surface area contributed by atoms with Crippen LogP contribution in [0.2, 0.25) is 5.02 Å². The predicted octanol–water partition coefficient (Wildman–Crippen LogP) is 3.71. The molecule has 2 amide bonds. The van der Waals surface area contributed by atoms with E-state index < -0.39 is 0 Å². The largest absolute Gasteiger partial charge is 0.493 e. The highest BCUT2D eigenvalue weighted by molar-refractivity contribution is 6.32. The maximum atomic E-state index is 12.1. The van der Waals surface area contributed by atoms with E-state index in [0.29, 0.717) is 22.9 Å². The number of aryl methyl sites for hydroxylation is 2. The summed E-state index contributed by atoms with van der Waals surface area (Å²) in [6, 6.07) is 4.75. The van der Waals surface area contributed by atoms with Gasteiger partial charge in [0.1, 0.15) is 5.76 Å². The Kier molecular flexibility index (Phi) is 5.50. The maximum absolute atomic E-state index is 12.1. The summed E-state index contributed by atoms with van der Waals surface area (Å²) in [6.45, 7) is 5.66. The number of para-hydroxylation sites is 1. The highest BCUT2D eigenvalue weighted by Gasteiger charge is 2.16. The molecule has 0 aliphatic carbocycles. The van der Waals surface area contributed by atoms with Crippen molar-refractivity contribution in [3.8, 4) is 5.75 Å². The first-order valence-electron chi connectivity index (χ1n) is 7.24. The molecule has 1 heterocycles. The maximum Gasteiger partial charge on any atom is 0.319 e. The van der Waals surface area contributed by atoms with Crippen LogP contribution in [0, 0.1) is 13.8 Å². The molecule has 124 valence electrons. The number of benzene rings is 1. The van der Waals surface area contributed by atoms with Crippen molar-refractivity contribution >= 4 is 23.3 Å². The lowest BCUT2D eigenvalue weighted by molar-refractivity contribution is 0.249. The molecule has 1 atom stereocenters. The summed E-state index contributed by atoms with van der Waals surface area (Å²) in [6.07, 6.45) is 0.640. The second-order valence-electron chi connectivity index (χ2n) is 5.33. The van der Waals surface area contributed by atoms with E-state index in [2.05, 4.69) is 15.8 Å². The normalized spacial score (nSPS) is 11.9. The van der Waals surface area contributed by atoms with E-state index in [1.165, 1.54) is 7.11 Å². The lowest BCUT2D eigenvalue weighted by atomic mass is 10.1. The summed E-state index contributed by atoms with van der Waals surface area (Å²) in [5.41, 5.74) is 2.37. The smallest absolute Gasteiger partial charge is 0.319 e. The highest BCUT2D eigenvalue weighted by Crippen LogP contribution is 2.32. The number of amides is 2. The molecule has 7 heteroatoms. The monoisotopic (exact) mass is 337 g/mol. The molecule has 2 aromatic rings. The average Bonchev–Trinajstić information content (AvgIpc) is 2.79. The molecule has 0 saturated heterocycles. The van der Waals surface area contributed by atoms with Gasteiger partial charge in [0.15, 0.2) is 5.75 Å². The van der Waals surface area contributed by atoms with E-state index in [9.17, 15) is 4.79 Å². The Morgan fingerprint density at radius 1 is 1.43 bits per heavy atom. The van der Waals surface area contributed by atoms with Crippen LogP contribution in [0.5, 0.6) is 5.75 Å². The quantitative estimate of drug-likeness (QED) is 0.872. The number of methoxy groups -OCH3 is 1. The molecule has 0 aliphatic rings. The van der Waals surface area contributed by atoms with Crippen molar-refractivity contribution in [3.63, 3.8) is 0 Å². The second kappa shape index (κ2) is 7.37. The number of nitrogens with one attached hydrogen (secondary N) is 2. The minimum Gasteiger partial charge on any atom is -0.493 e. The van der Waals surface area contributed by atoms with Crippen molar-refractivity contribution in [3.05, 3.63) is 40.2 Å². The van der Waals surface area contributed by atoms with Gasteiger partial charge in [-0.15, -0.1) is 0 Å². The number of urea groups is 1. The third-order valence-electron chi connectivity index (χ3n) is 3.49. The predicted molar refractivity (Wildman–Crippen MR) is 89.3 cm³/mol. The number of carbonyl (C=O) groups is 1. The minimum absolute atomic E-state index is 0.0861. The topological polar surface area (TPSA) is 76.4 Å². The molecule has 0 unspecified atom stereocenters. The zero-order valence-electron chi connectivity index (χ0n) is 13.6. The summed E-state index contributed by atoms with van der Waals surface area (Å²) in [4.78, 5) is 12.1. The molecule has 0 bridgehead atoms. The van der Waals surface area contributed by atoms with E-state index >= 15 is 0 Å². The van der Waals surface area contributed by atoms with E-state index in [1.807, 2.05) is 20.8 Å². The summed E-state index contributed by atoms with van der Waals surface area (Å²) in [5, 5.41) is 9.97. The Bertz CT molecular complexity index is 680. The molecule has 2 N–H and O–H groups in total. The number of ether oxygens (including phenoxy) is 1. The second-order valence-corrected chi connectivity index (χ2v) is 5.73. The molecule has 0 aliphatic heterocycles. The first-order chi connectivity index (χ1) is 10.9. The van der Waals surface area contributed by atoms with Gasteiger partial charge < -0.3 is 19.9 Å². The van der Waals surface area contributed by atoms with Crippen molar-refractivity contribution in [1.82, 2.24) is 10.5 Å². The number of rotatable bonds is 5. The number of hydrogen-bond acceptors (Lipinski definition) is 4. The highest BCUT2D eigenvalue weighted by atomic mass is 35.5. The summed E-state index contributed by atoms with van der Waals surface area (Å²) < 4.78 is 10.3. The van der Waals surface area contributed by atoms with Crippen LogP contribution in [0.15, 0.2) is 22.7 Å². The Labute approximate surface area is 140 Å². The van der Waals surface area contributed by atoms with E-state index in [4.69, 9.17) is 20.9 Å². The van der Waals surface area contributed by atoms with Crippen molar-refractivity contribution in [2.45, 2.75) is 33.2 Å². The standard InChI is InChI=1S/C16H20ClN3O3/c1-9(8-12-10(2)20-23-11(12)3)18-16(21)19-14-7-5-6-13(17)15(14)22-4/h5-7,9H,8H2,1-4H3,(H2,18,19,21)/t9-/m0/s1. The Morgan fingerprint density at radius 3 is 2.78 bits per heavy atom. The fraction of sp³-hybridized carbons (Fsp3) is 0.375. The molecular formula is C16H20ClN3O3. The fourth-order valence-electron chi connectivity index (χ4n) is 2.35. The molecule has 0 radical (unpaired) electrons. The summed E-state index contributed by atoms with van der Waals surface area (Å²) in [5.74, 6) is 1.20. The Morgan fingerprint density at radius 2 is 2.17 bits per heavy atom. The van der Waals surface area contributed by atoms with Gasteiger partial charge in [0.05, 0.1) is 23.5 Å². The van der Waals surface area contributed by atoms with Gasteiger partial charge >= 0.3 is 6.03 Å². The van der Waals surface area contributed by atoms with Gasteiger partial charge in [-0.25, -0.2) is 4.79 Å². The van der Waals surface area contributed by atoms with Crippen LogP contribution in [0.4, 0.5) is 10.5 Å². The van der Waals surface area contributed by atoms with E-state index in [0.717, 1.165) is 17.0 Å². The fourth-order valence-corrected chi connectivity index (χ4v) is 2.60. The molecule has 1 aromatic heterocycles. The molecule has 6 nitrogen and oxygen atoms in total. The summed E-state index contributed by atoms with van der Waals surface area (Å²) in [7, 11) is 1.50. The SMILES string of the molecule is COc1c(Cl)cccc1NC(=O)N[C@@H](C)Cc1c(C)noc1C. The van der Waals surface area contributed by atoms with Crippen LogP contribution in [0.25, 0.3) is 0 Å². The van der Waals surface area contributed by atoms with E-state index in [-0.39, 0.29) is 12.1 Å². The molecule has 0 saturated carbocycles. The van der Waals surface area contributed by atoms with Crippen molar-refractivity contribution < 1.29 is 14.1 Å². The van der Waals surface area contributed by atoms with Gasteiger partial charge in [-0.3, -0.25) is 0 Å². The number of halogens is 1. The molecule has 0 spiro atoms. The first-order valence-corrected chi connectivity index (χ1v) is 7.62. The van der Waals surface area contributed by atoms with Gasteiger partial charge in [0.2, 0.25) is 0 Å². The van der Waals surface area contributed by atoms with Gasteiger partial charge in [0, 0.05) is 11.6 Å². The molecule has 2 rings (SSSR count). The van der Waals surface area contributed by atoms with Gasteiger partial charge in [-0.1, -0.05) is 22.8 Å². The molecular weight excluding hydrogens is 318 g/mol. The average molecular weight is 338 g/mol. The molecule has 23 heavy (non-hydrogen) atoms. The van der Waals surface area contributed by atoms with Crippen LogP contribution in [-0.2, 0) is 6.42 Å². The van der Waals surface area contributed by atoms with Crippen molar-refractivity contribution in [2.24, 2.45) is 0 Å². The number of carbonyl (C=O) groups excluding carboxylic acids is 1. The van der Waals surface area contributed by atoms with E-state index in [1.54, 1.807) is 18.2 Å². The zero-order valence-corrected chi connectivity index (χ0v) is 14.3. The lowest BCUT2D eigenvalue weighted by Gasteiger charge is -2.16. The van der Waals surface area contributed by atoms with Crippen LogP contribution in [0.1, 0.15) is 23.9 Å². The van der Waals surface area contributed by atoms with Gasteiger partial charge in [0.25, 0.3) is 0 Å². The summed E-state index contributed by atoms with van der Waals surface area (Å²) >= 11 is 6.03. The number of anilines is 1. The third kappa shape index (κ3) is 4.16. The lowest BCUT2D eigenvalue weighted by Crippen LogP contribution is -2.37. The van der Waals surface area contributed by atoms with Gasteiger partial charge in [-0.05, 0) is 39.3 Å². The zero-order chi connectivity index (χ0) is 17.0. The van der Waals surface area contributed by atoms with Gasteiger partial charge in [-0.2, -0.15) is 0 Å². The Hall–Kier alpha value is -2.21. The Balaban J connectivity index is 1.98. The number of aromatic nitrogens is 1. The van der Waals surface area contributed by atoms with Crippen LogP contribution >= 0.6 is 11.6 Å². The third-order valence-corrected chi connectivity index (χ3v) is 3.79. The van der Waals surface area contributed by atoms with Crippen LogP contribution in [-0.4, -0.2) is 24.3 Å². The molecule has 1 aromatic carbocycles. The number of nitrogens with zero attached hydrogens (tertiary/aromatic N) is 1. The minimum atomic E-state index is -0.329. The van der Waals surface area contributed by atoms with Crippen molar-refractivity contribution in [2.75, 3.05) is 12.4 Å².